The molecule has 7 heavy (non-hydrogen) atoms. The number of hydrogen-bond donors (Lipinski definition) is 2. The number of rotatable bonds is 2. The highest BCUT2D eigenvalue weighted by Gasteiger charge is 1.92. The first-order valence-electron chi connectivity index (χ1n) is 1.81. The second-order valence-corrected chi connectivity index (χ2v) is 1.15. The third-order valence-electron chi connectivity index (χ3n) is 0.307. The van der Waals surface area contributed by atoms with Crippen LogP contribution in [0.5, 0.6) is 0 Å². The molecule has 0 spiro atoms. The van der Waals surface area contributed by atoms with Crippen molar-refractivity contribution < 1.29 is 14.9 Å². The van der Waals surface area contributed by atoms with Crippen molar-refractivity contribution in [2.45, 2.75) is 13.4 Å². The van der Waals surface area contributed by atoms with E-state index in [0.717, 1.165) is 0 Å². The van der Waals surface area contributed by atoms with E-state index in [1.165, 1.54) is 6.92 Å². The molecule has 0 bridgehead atoms. The summed E-state index contributed by atoms with van der Waals surface area (Å²) in [5.74, 6) is 0.287. The zero-order chi connectivity index (χ0) is 5.86. The Labute approximate surface area is 41.8 Å². The molecule has 0 heterocycles. The summed E-state index contributed by atoms with van der Waals surface area (Å²) in [4.78, 5) is 0. The Kier molecular flexibility index (Phi) is 2.40. The predicted octanol–water partition coefficient (Wildman–Crippen LogP) is -0.195. The quantitative estimate of drug-likeness (QED) is 0.377. The van der Waals surface area contributed by atoms with Gasteiger partial charge in [0.05, 0.1) is 5.76 Å². The van der Waals surface area contributed by atoms with Crippen molar-refractivity contribution in [3.8, 4) is 0 Å². The minimum atomic E-state index is -1.72. The van der Waals surface area contributed by atoms with E-state index in [2.05, 4.69) is 11.3 Å². The highest BCUT2D eigenvalue weighted by Crippen LogP contribution is 1.90. The lowest BCUT2D eigenvalue weighted by atomic mass is 10.7. The summed E-state index contributed by atoms with van der Waals surface area (Å²) in [5, 5.41) is 16.0. The molecule has 0 rings (SSSR count). The summed E-state index contributed by atoms with van der Waals surface area (Å²) < 4.78 is 4.17. The van der Waals surface area contributed by atoms with Gasteiger partial charge in [-0.15, -0.1) is 0 Å². The first kappa shape index (κ1) is 6.46. The highest BCUT2D eigenvalue weighted by atomic mass is 16.7. The summed E-state index contributed by atoms with van der Waals surface area (Å²) in [6.07, 6.45) is 0. The van der Waals surface area contributed by atoms with Gasteiger partial charge in [0.1, 0.15) is 0 Å². The van der Waals surface area contributed by atoms with Crippen LogP contribution >= 0.6 is 0 Å². The minimum Gasteiger partial charge on any atom is -0.447 e. The zero-order valence-corrected chi connectivity index (χ0v) is 4.09. The van der Waals surface area contributed by atoms with Crippen LogP contribution < -0.4 is 0 Å². The highest BCUT2D eigenvalue weighted by molar-refractivity contribution is 4.72. The van der Waals surface area contributed by atoms with Gasteiger partial charge >= 0.3 is 6.48 Å². The molecule has 0 aliphatic rings. The van der Waals surface area contributed by atoms with Crippen molar-refractivity contribution in [1.29, 1.82) is 0 Å². The largest absolute Gasteiger partial charge is 0.447 e. The van der Waals surface area contributed by atoms with Crippen molar-refractivity contribution in [1.82, 2.24) is 0 Å². The number of aliphatic hydroxyl groups is 2. The van der Waals surface area contributed by atoms with E-state index in [9.17, 15) is 0 Å². The molecule has 0 saturated heterocycles. The lowest BCUT2D eigenvalue weighted by Gasteiger charge is -2.03. The minimum absolute atomic E-state index is 0.287. The topological polar surface area (TPSA) is 49.7 Å². The van der Waals surface area contributed by atoms with Gasteiger partial charge in [0.15, 0.2) is 0 Å². The summed E-state index contributed by atoms with van der Waals surface area (Å²) in [5.41, 5.74) is 0. The molecule has 3 heteroatoms. The Morgan fingerprint density at radius 3 is 2.14 bits per heavy atom. The predicted molar refractivity (Wildman–Crippen MR) is 24.1 cm³/mol. The van der Waals surface area contributed by atoms with Crippen molar-refractivity contribution in [2.24, 2.45) is 0 Å². The molecule has 0 atom stereocenters. The van der Waals surface area contributed by atoms with Gasteiger partial charge in [-0.05, 0) is 6.92 Å². The number of aliphatic hydroxyl groups excluding tert-OH is 1. The monoisotopic (exact) mass is 104 g/mol. The van der Waals surface area contributed by atoms with Crippen LogP contribution in [0.25, 0.3) is 0 Å². The maximum Gasteiger partial charge on any atom is 0.310 e. The van der Waals surface area contributed by atoms with E-state index in [-0.39, 0.29) is 5.76 Å². The van der Waals surface area contributed by atoms with Gasteiger partial charge in [-0.2, -0.15) is 0 Å². The van der Waals surface area contributed by atoms with Crippen LogP contribution in [0.3, 0.4) is 0 Å². The molecule has 0 aromatic carbocycles. The van der Waals surface area contributed by atoms with Crippen LogP contribution in [0, 0.1) is 0 Å². The van der Waals surface area contributed by atoms with Gasteiger partial charge in [-0.25, -0.2) is 0 Å². The van der Waals surface area contributed by atoms with Crippen molar-refractivity contribution in [3.05, 3.63) is 12.3 Å². The van der Waals surface area contributed by atoms with E-state index in [4.69, 9.17) is 10.2 Å². The first-order chi connectivity index (χ1) is 3.13. The smallest absolute Gasteiger partial charge is 0.310 e. The third kappa shape index (κ3) is 5.46. The maximum absolute atomic E-state index is 8.00. The SMILES string of the molecule is C=C(C)OC(O)O. The van der Waals surface area contributed by atoms with Crippen LogP contribution in [-0.4, -0.2) is 16.7 Å². The third-order valence-corrected chi connectivity index (χ3v) is 0.307. The van der Waals surface area contributed by atoms with E-state index >= 15 is 0 Å². The molecule has 0 aliphatic heterocycles. The molecule has 2 N–H and O–H groups in total. The molecule has 0 unspecified atom stereocenters. The fraction of sp³-hybridized carbons (Fsp3) is 0.500. The Bertz CT molecular complexity index is 67.3. The Morgan fingerprint density at radius 1 is 1.71 bits per heavy atom. The number of ether oxygens (including phenoxy) is 1. The van der Waals surface area contributed by atoms with Gasteiger partial charge in [-0.3, -0.25) is 0 Å². The van der Waals surface area contributed by atoms with Crippen molar-refractivity contribution in [3.63, 3.8) is 0 Å². The van der Waals surface area contributed by atoms with Crippen molar-refractivity contribution >= 4 is 0 Å². The Hall–Kier alpha value is -0.540. The summed E-state index contributed by atoms with van der Waals surface area (Å²) in [7, 11) is 0. The zero-order valence-electron chi connectivity index (χ0n) is 4.09. The second-order valence-electron chi connectivity index (χ2n) is 1.15. The summed E-state index contributed by atoms with van der Waals surface area (Å²) in [6.45, 7) is 3.06. The van der Waals surface area contributed by atoms with Gasteiger partial charge in [0.25, 0.3) is 0 Å². The fourth-order valence-electron chi connectivity index (χ4n) is 0.180. The van der Waals surface area contributed by atoms with Crippen molar-refractivity contribution in [2.75, 3.05) is 0 Å². The molecule has 0 aliphatic carbocycles. The molecule has 0 aromatic heterocycles. The van der Waals surface area contributed by atoms with Crippen LogP contribution in [0.1, 0.15) is 6.92 Å². The lowest BCUT2D eigenvalue weighted by Crippen LogP contribution is -2.07. The molecular formula is C4H8O3. The average Bonchev–Trinajstić information content (AvgIpc) is 1.27. The van der Waals surface area contributed by atoms with E-state index in [0.29, 0.717) is 0 Å². The van der Waals surface area contributed by atoms with Crippen LogP contribution in [0.15, 0.2) is 12.3 Å². The van der Waals surface area contributed by atoms with Crippen LogP contribution in [0.2, 0.25) is 0 Å². The molecule has 0 radical (unpaired) electrons. The van der Waals surface area contributed by atoms with Gasteiger partial charge in [0.2, 0.25) is 0 Å². The molecule has 3 nitrogen and oxygen atoms in total. The number of hydrogen-bond acceptors (Lipinski definition) is 3. The van der Waals surface area contributed by atoms with Gasteiger partial charge < -0.3 is 14.9 Å². The molecular weight excluding hydrogens is 96.0 g/mol. The summed E-state index contributed by atoms with van der Waals surface area (Å²) >= 11 is 0. The molecule has 42 valence electrons. The maximum atomic E-state index is 8.00. The van der Waals surface area contributed by atoms with E-state index in [1.807, 2.05) is 0 Å². The fourth-order valence-corrected chi connectivity index (χ4v) is 0.180. The number of allylic oxidation sites excluding steroid dienone is 1. The Morgan fingerprint density at radius 2 is 2.14 bits per heavy atom. The first-order valence-corrected chi connectivity index (χ1v) is 1.81. The van der Waals surface area contributed by atoms with Crippen LogP contribution in [0.4, 0.5) is 0 Å². The average molecular weight is 104 g/mol. The molecule has 0 saturated carbocycles. The van der Waals surface area contributed by atoms with Gasteiger partial charge in [-0.1, -0.05) is 6.58 Å². The lowest BCUT2D eigenvalue weighted by molar-refractivity contribution is -0.211. The molecule has 0 fully saturated rings. The molecule has 0 aromatic rings. The standard InChI is InChI=1S/C4H8O3/c1-3(2)7-4(5)6/h4-6H,1H2,2H3. The Balaban J connectivity index is 3.13. The van der Waals surface area contributed by atoms with Crippen LogP contribution in [-0.2, 0) is 4.74 Å². The molecule has 0 amide bonds. The normalized spacial score (nSPS) is 9.14. The summed E-state index contributed by atoms with van der Waals surface area (Å²) in [6, 6.07) is 0. The van der Waals surface area contributed by atoms with E-state index < -0.39 is 6.48 Å². The van der Waals surface area contributed by atoms with E-state index in [1.54, 1.807) is 0 Å². The van der Waals surface area contributed by atoms with Gasteiger partial charge in [0, 0.05) is 0 Å². The second kappa shape index (κ2) is 2.60.